The number of sulfonamides is 1. The van der Waals surface area contributed by atoms with E-state index in [9.17, 15) is 8.42 Å². The monoisotopic (exact) mass is 278 g/mol. The largest absolute Gasteiger partial charge is 0.384 e. The van der Waals surface area contributed by atoms with Crippen LogP contribution >= 0.6 is 0 Å². The van der Waals surface area contributed by atoms with Crippen LogP contribution in [0, 0.1) is 11.8 Å². The van der Waals surface area contributed by atoms with E-state index in [1.165, 1.54) is 30.9 Å². The highest BCUT2D eigenvalue weighted by molar-refractivity contribution is 7.92. The lowest BCUT2D eigenvalue weighted by molar-refractivity contribution is 0.350. The fourth-order valence-corrected chi connectivity index (χ4v) is 2.25. The van der Waals surface area contributed by atoms with Gasteiger partial charge in [-0.2, -0.15) is 0 Å². The van der Waals surface area contributed by atoms with E-state index in [0.717, 1.165) is 0 Å². The smallest absolute Gasteiger partial charge is 0.265 e. The minimum Gasteiger partial charge on any atom is -0.384 e. The summed E-state index contributed by atoms with van der Waals surface area (Å²) in [4.78, 5) is 10.2. The molecule has 2 rings (SSSR count). The second-order valence-electron chi connectivity index (χ2n) is 3.41. The molecule has 3 N–H and O–H groups in total. The Morgan fingerprint density at radius 2 is 2.26 bits per heavy atom. The standard InChI is InChI=1S/C11H10N4O3S/c16-5-1-2-9-6-10(8-12-7-9)19(17,18)15-11-13-3-4-14-11/h3-4,6-8,16H,5H2,(H2,13,14,15). The summed E-state index contributed by atoms with van der Waals surface area (Å²) in [6.45, 7) is -0.304. The first-order valence-corrected chi connectivity index (χ1v) is 6.67. The summed E-state index contributed by atoms with van der Waals surface area (Å²) >= 11 is 0. The van der Waals surface area contributed by atoms with Crippen LogP contribution in [0.25, 0.3) is 0 Å². The fraction of sp³-hybridized carbons (Fsp3) is 0.0909. The number of nitrogens with one attached hydrogen (secondary N) is 2. The molecule has 0 fully saturated rings. The van der Waals surface area contributed by atoms with Crippen molar-refractivity contribution < 1.29 is 13.5 Å². The van der Waals surface area contributed by atoms with Gasteiger partial charge in [-0.3, -0.25) is 4.98 Å². The number of aliphatic hydroxyl groups is 1. The summed E-state index contributed by atoms with van der Waals surface area (Å²) in [5, 5.41) is 8.59. The summed E-state index contributed by atoms with van der Waals surface area (Å²) in [6, 6.07) is 1.36. The van der Waals surface area contributed by atoms with Gasteiger partial charge in [0, 0.05) is 30.4 Å². The van der Waals surface area contributed by atoms with Crippen LogP contribution in [0.5, 0.6) is 0 Å². The van der Waals surface area contributed by atoms with Crippen molar-refractivity contribution in [3.63, 3.8) is 0 Å². The molecule has 0 aromatic carbocycles. The normalized spacial score (nSPS) is 10.6. The van der Waals surface area contributed by atoms with E-state index in [0.29, 0.717) is 5.56 Å². The third-order valence-corrected chi connectivity index (χ3v) is 3.37. The van der Waals surface area contributed by atoms with Gasteiger partial charge in [-0.25, -0.2) is 18.1 Å². The lowest BCUT2D eigenvalue weighted by Crippen LogP contribution is -2.14. The van der Waals surface area contributed by atoms with Crippen molar-refractivity contribution in [2.75, 3.05) is 11.3 Å². The molecule has 7 nitrogen and oxygen atoms in total. The van der Waals surface area contributed by atoms with E-state index < -0.39 is 10.0 Å². The Morgan fingerprint density at radius 3 is 2.95 bits per heavy atom. The number of hydrogen-bond donors (Lipinski definition) is 3. The Kier molecular flexibility index (Phi) is 3.79. The van der Waals surface area contributed by atoms with Gasteiger partial charge in [-0.05, 0) is 6.07 Å². The average Bonchev–Trinajstić information content (AvgIpc) is 2.89. The fourth-order valence-electron chi connectivity index (χ4n) is 1.28. The number of hydrogen-bond acceptors (Lipinski definition) is 5. The highest BCUT2D eigenvalue weighted by atomic mass is 32.2. The third kappa shape index (κ3) is 3.31. The molecule has 0 aliphatic rings. The molecule has 19 heavy (non-hydrogen) atoms. The molecule has 2 aromatic rings. The van der Waals surface area contributed by atoms with Gasteiger partial charge in [0.2, 0.25) is 5.95 Å². The Bertz CT molecular complexity index is 714. The second kappa shape index (κ2) is 5.51. The summed E-state index contributed by atoms with van der Waals surface area (Å²) in [7, 11) is -3.77. The van der Waals surface area contributed by atoms with Gasteiger partial charge >= 0.3 is 0 Å². The molecular formula is C11H10N4O3S. The van der Waals surface area contributed by atoms with Crippen LogP contribution in [0.4, 0.5) is 5.95 Å². The zero-order chi connectivity index (χ0) is 13.7. The molecule has 0 aliphatic heterocycles. The van der Waals surface area contributed by atoms with Crippen molar-refractivity contribution in [2.24, 2.45) is 0 Å². The van der Waals surface area contributed by atoms with Crippen LogP contribution in [0.3, 0.4) is 0 Å². The second-order valence-corrected chi connectivity index (χ2v) is 5.09. The molecule has 8 heteroatoms. The summed E-state index contributed by atoms with van der Waals surface area (Å²) in [6.07, 6.45) is 5.54. The van der Waals surface area contributed by atoms with E-state index in [1.54, 1.807) is 0 Å². The van der Waals surface area contributed by atoms with E-state index in [1.807, 2.05) is 0 Å². The van der Waals surface area contributed by atoms with Gasteiger partial charge in [0.05, 0.1) is 0 Å². The molecule has 0 spiro atoms. The van der Waals surface area contributed by atoms with Gasteiger partial charge < -0.3 is 10.1 Å². The van der Waals surface area contributed by atoms with Gasteiger partial charge in [0.15, 0.2) is 0 Å². The summed E-state index contributed by atoms with van der Waals surface area (Å²) < 4.78 is 26.3. The number of H-pyrrole nitrogens is 1. The van der Waals surface area contributed by atoms with Gasteiger partial charge in [0.1, 0.15) is 11.5 Å². The van der Waals surface area contributed by atoms with Crippen LogP contribution in [-0.4, -0.2) is 35.1 Å². The first-order valence-electron chi connectivity index (χ1n) is 5.19. The van der Waals surface area contributed by atoms with E-state index >= 15 is 0 Å². The van der Waals surface area contributed by atoms with Crippen molar-refractivity contribution in [1.82, 2.24) is 15.0 Å². The lowest BCUT2D eigenvalue weighted by atomic mass is 10.3. The van der Waals surface area contributed by atoms with Crippen molar-refractivity contribution in [3.05, 3.63) is 36.4 Å². The highest BCUT2D eigenvalue weighted by Gasteiger charge is 2.15. The number of rotatable bonds is 3. The SMILES string of the molecule is O=S(=O)(Nc1ncc[nH]1)c1cncc(C#CCO)c1. The first-order chi connectivity index (χ1) is 9.12. The van der Waals surface area contributed by atoms with E-state index in [4.69, 9.17) is 5.11 Å². The van der Waals surface area contributed by atoms with Gasteiger partial charge in [0.25, 0.3) is 10.0 Å². The lowest BCUT2D eigenvalue weighted by Gasteiger charge is -2.04. The van der Waals surface area contributed by atoms with Crippen LogP contribution < -0.4 is 4.72 Å². The topological polar surface area (TPSA) is 108 Å². The number of pyridine rings is 1. The molecular weight excluding hydrogens is 268 g/mol. The predicted molar refractivity (Wildman–Crippen MR) is 67.6 cm³/mol. The quantitative estimate of drug-likeness (QED) is 0.682. The Labute approximate surface area is 109 Å². The molecule has 98 valence electrons. The number of nitrogens with zero attached hydrogens (tertiary/aromatic N) is 2. The molecule has 0 saturated heterocycles. The molecule has 0 unspecified atom stereocenters. The van der Waals surface area contributed by atoms with Crippen LogP contribution in [-0.2, 0) is 10.0 Å². The highest BCUT2D eigenvalue weighted by Crippen LogP contribution is 2.12. The van der Waals surface area contributed by atoms with Gasteiger partial charge in [-0.1, -0.05) is 11.8 Å². The van der Waals surface area contributed by atoms with Crippen molar-refractivity contribution >= 4 is 16.0 Å². The van der Waals surface area contributed by atoms with Crippen molar-refractivity contribution in [1.29, 1.82) is 0 Å². The number of imidazole rings is 1. The maximum absolute atomic E-state index is 12.0. The van der Waals surface area contributed by atoms with Crippen LogP contribution in [0.15, 0.2) is 35.7 Å². The first kappa shape index (κ1) is 13.1. The molecule has 0 radical (unpaired) electrons. The van der Waals surface area contributed by atoms with Crippen molar-refractivity contribution in [3.8, 4) is 11.8 Å². The Morgan fingerprint density at radius 1 is 1.42 bits per heavy atom. The molecule has 2 aromatic heterocycles. The number of aliphatic hydroxyl groups excluding tert-OH is 1. The molecule has 0 amide bonds. The molecule has 0 saturated carbocycles. The van der Waals surface area contributed by atoms with Crippen LogP contribution in [0.2, 0.25) is 0 Å². The average molecular weight is 278 g/mol. The Hall–Kier alpha value is -2.37. The minimum atomic E-state index is -3.77. The molecule has 2 heterocycles. The van der Waals surface area contributed by atoms with Crippen LogP contribution in [0.1, 0.15) is 5.56 Å². The van der Waals surface area contributed by atoms with E-state index in [2.05, 4.69) is 31.5 Å². The summed E-state index contributed by atoms with van der Waals surface area (Å²) in [5.41, 5.74) is 0.399. The maximum Gasteiger partial charge on any atom is 0.265 e. The zero-order valence-electron chi connectivity index (χ0n) is 9.66. The Balaban J connectivity index is 2.30. The zero-order valence-corrected chi connectivity index (χ0v) is 10.5. The number of aromatic amines is 1. The van der Waals surface area contributed by atoms with Gasteiger partial charge in [-0.15, -0.1) is 0 Å². The molecule has 0 atom stereocenters. The molecule has 0 aliphatic carbocycles. The maximum atomic E-state index is 12.0. The predicted octanol–water partition coefficient (Wildman–Crippen LogP) is -0.0507. The number of aromatic nitrogens is 3. The summed E-state index contributed by atoms with van der Waals surface area (Å²) in [5.74, 6) is 5.13. The molecule has 0 bridgehead atoms. The minimum absolute atomic E-state index is 0.0337. The third-order valence-electron chi connectivity index (χ3n) is 2.06. The van der Waals surface area contributed by atoms with Crippen molar-refractivity contribution in [2.45, 2.75) is 4.90 Å². The van der Waals surface area contributed by atoms with E-state index in [-0.39, 0.29) is 17.5 Å². The number of anilines is 1.